The van der Waals surface area contributed by atoms with Crippen LogP contribution >= 0.6 is 0 Å². The molecule has 18 heavy (non-hydrogen) atoms. The molecule has 0 aromatic heterocycles. The Morgan fingerprint density at radius 3 is 2.94 bits per heavy atom. The lowest BCUT2D eigenvalue weighted by molar-refractivity contribution is -0.124. The molecule has 1 heterocycles. The van der Waals surface area contributed by atoms with Gasteiger partial charge in [0.25, 0.3) is 0 Å². The summed E-state index contributed by atoms with van der Waals surface area (Å²) < 4.78 is 5.44. The highest BCUT2D eigenvalue weighted by atomic mass is 16.5. The Morgan fingerprint density at radius 1 is 1.33 bits per heavy atom. The fraction of sp³-hybridized carbons (Fsp3) is 0.923. The number of nitrogens with zero attached hydrogens (tertiary/aromatic N) is 1. The second-order valence-corrected chi connectivity index (χ2v) is 5.59. The van der Waals surface area contributed by atoms with Crippen LogP contribution in [0.3, 0.4) is 0 Å². The van der Waals surface area contributed by atoms with Gasteiger partial charge < -0.3 is 21.1 Å². The number of amides is 1. The Balaban J connectivity index is 1.83. The number of carbonyl (C=O) groups excluding carboxylic acids is 1. The first-order valence-electron chi connectivity index (χ1n) is 7.02. The van der Waals surface area contributed by atoms with Crippen LogP contribution in [0.1, 0.15) is 32.1 Å². The molecule has 0 bridgehead atoms. The molecule has 104 valence electrons. The molecule has 1 saturated carbocycles. The lowest BCUT2D eigenvalue weighted by atomic mass is 9.85. The van der Waals surface area contributed by atoms with Gasteiger partial charge in [0.05, 0.1) is 12.1 Å². The number of hydrogen-bond donors (Lipinski definition) is 2. The molecule has 2 fully saturated rings. The summed E-state index contributed by atoms with van der Waals surface area (Å²) in [6, 6.07) is 0. The number of primary amides is 1. The number of nitrogens with two attached hydrogens (primary N) is 2. The van der Waals surface area contributed by atoms with E-state index in [4.69, 9.17) is 16.2 Å². The van der Waals surface area contributed by atoms with Crippen LogP contribution in [0, 0.1) is 5.92 Å². The molecule has 2 unspecified atom stereocenters. The van der Waals surface area contributed by atoms with E-state index in [-0.39, 0.29) is 11.8 Å². The van der Waals surface area contributed by atoms with Gasteiger partial charge in [-0.2, -0.15) is 0 Å². The Bertz CT molecular complexity index is 290. The van der Waals surface area contributed by atoms with Crippen molar-refractivity contribution in [1.29, 1.82) is 0 Å². The fourth-order valence-electron chi connectivity index (χ4n) is 3.19. The zero-order valence-corrected chi connectivity index (χ0v) is 11.1. The maximum atomic E-state index is 11.5. The van der Waals surface area contributed by atoms with Gasteiger partial charge in [-0.15, -0.1) is 0 Å². The average molecular weight is 255 g/mol. The van der Waals surface area contributed by atoms with Crippen molar-refractivity contribution in [2.24, 2.45) is 17.4 Å². The molecule has 2 atom stereocenters. The normalized spacial score (nSPS) is 34.4. The van der Waals surface area contributed by atoms with E-state index in [1.165, 1.54) is 0 Å². The molecule has 1 amide bonds. The van der Waals surface area contributed by atoms with Gasteiger partial charge in [0, 0.05) is 19.7 Å². The highest BCUT2D eigenvalue weighted by Gasteiger charge is 2.43. The van der Waals surface area contributed by atoms with Crippen molar-refractivity contribution in [3.8, 4) is 0 Å². The van der Waals surface area contributed by atoms with Gasteiger partial charge in [0.15, 0.2) is 0 Å². The first-order chi connectivity index (χ1) is 8.63. The molecular weight excluding hydrogens is 230 g/mol. The van der Waals surface area contributed by atoms with Gasteiger partial charge in [-0.05, 0) is 38.1 Å². The van der Waals surface area contributed by atoms with Gasteiger partial charge in [-0.3, -0.25) is 4.79 Å². The van der Waals surface area contributed by atoms with E-state index in [0.29, 0.717) is 0 Å². The second-order valence-electron chi connectivity index (χ2n) is 5.59. The molecule has 0 radical (unpaired) electrons. The predicted molar refractivity (Wildman–Crippen MR) is 69.9 cm³/mol. The van der Waals surface area contributed by atoms with Crippen LogP contribution in [0.2, 0.25) is 0 Å². The van der Waals surface area contributed by atoms with Crippen molar-refractivity contribution in [2.45, 2.75) is 37.6 Å². The standard InChI is InChI=1S/C13H25N3O2/c14-12(17)13(15)5-1-3-11(13)4-7-16-6-2-9-18-10-8-16/h11H,1-10,15H2,(H2,14,17). The molecule has 2 rings (SSSR count). The Labute approximate surface area is 109 Å². The molecule has 1 saturated heterocycles. The van der Waals surface area contributed by atoms with Crippen molar-refractivity contribution in [3.05, 3.63) is 0 Å². The van der Waals surface area contributed by atoms with E-state index in [0.717, 1.165) is 65.0 Å². The summed E-state index contributed by atoms with van der Waals surface area (Å²) in [7, 11) is 0. The average Bonchev–Trinajstić information content (AvgIpc) is 2.57. The smallest absolute Gasteiger partial charge is 0.237 e. The van der Waals surface area contributed by atoms with Crippen molar-refractivity contribution in [2.75, 3.05) is 32.8 Å². The first-order valence-corrected chi connectivity index (χ1v) is 7.02. The quantitative estimate of drug-likeness (QED) is 0.745. The van der Waals surface area contributed by atoms with Crippen LogP contribution in [0.5, 0.6) is 0 Å². The summed E-state index contributed by atoms with van der Waals surface area (Å²) in [6.45, 7) is 4.75. The number of rotatable bonds is 4. The topological polar surface area (TPSA) is 81.6 Å². The third-order valence-electron chi connectivity index (χ3n) is 4.44. The van der Waals surface area contributed by atoms with E-state index in [9.17, 15) is 4.79 Å². The lowest BCUT2D eigenvalue weighted by Gasteiger charge is -2.30. The monoisotopic (exact) mass is 255 g/mol. The molecule has 4 N–H and O–H groups in total. The minimum absolute atomic E-state index is 0.249. The van der Waals surface area contributed by atoms with E-state index >= 15 is 0 Å². The van der Waals surface area contributed by atoms with Crippen LogP contribution in [0.4, 0.5) is 0 Å². The fourth-order valence-corrected chi connectivity index (χ4v) is 3.19. The van der Waals surface area contributed by atoms with Gasteiger partial charge in [0.1, 0.15) is 0 Å². The lowest BCUT2D eigenvalue weighted by Crippen LogP contribution is -2.55. The molecule has 2 aliphatic rings. The van der Waals surface area contributed by atoms with E-state index in [2.05, 4.69) is 4.90 Å². The minimum Gasteiger partial charge on any atom is -0.380 e. The molecule has 5 heteroatoms. The van der Waals surface area contributed by atoms with Crippen LogP contribution in [0.15, 0.2) is 0 Å². The van der Waals surface area contributed by atoms with Gasteiger partial charge >= 0.3 is 0 Å². The second kappa shape index (κ2) is 5.99. The van der Waals surface area contributed by atoms with Crippen LogP contribution < -0.4 is 11.5 Å². The summed E-state index contributed by atoms with van der Waals surface area (Å²) in [5, 5.41) is 0. The maximum absolute atomic E-state index is 11.5. The van der Waals surface area contributed by atoms with Crippen LogP contribution in [0.25, 0.3) is 0 Å². The molecular formula is C13H25N3O2. The molecule has 1 aliphatic heterocycles. The summed E-state index contributed by atoms with van der Waals surface area (Å²) in [5.41, 5.74) is 10.9. The first kappa shape index (κ1) is 13.8. The molecule has 5 nitrogen and oxygen atoms in total. The molecule has 0 aromatic carbocycles. The number of ether oxygens (including phenoxy) is 1. The summed E-state index contributed by atoms with van der Waals surface area (Å²) in [6.07, 6.45) is 4.86. The van der Waals surface area contributed by atoms with E-state index in [1.807, 2.05) is 0 Å². The van der Waals surface area contributed by atoms with E-state index in [1.54, 1.807) is 0 Å². The largest absolute Gasteiger partial charge is 0.380 e. The maximum Gasteiger partial charge on any atom is 0.237 e. The zero-order valence-electron chi connectivity index (χ0n) is 11.1. The SMILES string of the molecule is NC(=O)C1(N)CCCC1CCN1CCCOCC1. The van der Waals surface area contributed by atoms with Crippen molar-refractivity contribution >= 4 is 5.91 Å². The van der Waals surface area contributed by atoms with Crippen molar-refractivity contribution in [3.63, 3.8) is 0 Å². The summed E-state index contributed by atoms with van der Waals surface area (Å²) in [5.74, 6) is -0.0802. The van der Waals surface area contributed by atoms with Gasteiger partial charge in [-0.25, -0.2) is 0 Å². The van der Waals surface area contributed by atoms with Gasteiger partial charge in [-0.1, -0.05) is 6.42 Å². The highest BCUT2D eigenvalue weighted by molar-refractivity contribution is 5.85. The molecule has 0 spiro atoms. The van der Waals surface area contributed by atoms with E-state index < -0.39 is 5.54 Å². The van der Waals surface area contributed by atoms with Crippen molar-refractivity contribution in [1.82, 2.24) is 4.90 Å². The zero-order chi connectivity index (χ0) is 13.0. The molecule has 0 aromatic rings. The minimum atomic E-state index is -0.762. The Morgan fingerprint density at radius 2 is 2.17 bits per heavy atom. The van der Waals surface area contributed by atoms with Crippen molar-refractivity contribution < 1.29 is 9.53 Å². The third-order valence-corrected chi connectivity index (χ3v) is 4.44. The summed E-state index contributed by atoms with van der Waals surface area (Å²) >= 11 is 0. The predicted octanol–water partition coefficient (Wildman–Crippen LogP) is 0.0817. The third kappa shape index (κ3) is 3.02. The van der Waals surface area contributed by atoms with Gasteiger partial charge in [0.2, 0.25) is 5.91 Å². The number of hydrogen-bond acceptors (Lipinski definition) is 4. The Kier molecular flexibility index (Phi) is 4.59. The molecule has 1 aliphatic carbocycles. The number of carbonyl (C=O) groups is 1. The summed E-state index contributed by atoms with van der Waals surface area (Å²) in [4.78, 5) is 13.9. The van der Waals surface area contributed by atoms with Crippen LogP contribution in [-0.4, -0.2) is 49.2 Å². The van der Waals surface area contributed by atoms with Crippen LogP contribution in [-0.2, 0) is 9.53 Å². The highest BCUT2D eigenvalue weighted by Crippen LogP contribution is 2.35. The Hall–Kier alpha value is -0.650.